The van der Waals surface area contributed by atoms with Crippen molar-refractivity contribution in [1.82, 2.24) is 0 Å². The molecule has 0 aliphatic rings. The van der Waals surface area contributed by atoms with Crippen LogP contribution in [-0.4, -0.2) is 9.52 Å². The molecule has 20 heavy (non-hydrogen) atoms. The Bertz CT molecular complexity index is 570. The zero-order chi connectivity index (χ0) is 14.5. The molecule has 0 fully saturated rings. The van der Waals surface area contributed by atoms with E-state index < -0.39 is 9.52 Å². The molecule has 0 amide bonds. The fraction of sp³-hybridized carbons (Fsp3) is 0.333. The summed E-state index contributed by atoms with van der Waals surface area (Å²) in [6, 6.07) is 13.4. The lowest BCUT2D eigenvalue weighted by Crippen LogP contribution is -2.28. The molecule has 0 aliphatic carbocycles. The molecule has 106 valence electrons. The van der Waals surface area contributed by atoms with Gasteiger partial charge < -0.3 is 0 Å². The lowest BCUT2D eigenvalue weighted by molar-refractivity contribution is 0.796. The Balaban J connectivity index is 2.24. The third kappa shape index (κ3) is 3.97. The van der Waals surface area contributed by atoms with Gasteiger partial charge in [0.15, 0.2) is 0 Å². The molecule has 2 heteroatoms. The van der Waals surface area contributed by atoms with Crippen molar-refractivity contribution < 1.29 is 0 Å². The lowest BCUT2D eigenvalue weighted by atomic mass is 10.1. The SMILES string of the molecule is CCCCc1cccc([SiH2]c2cc(C)cc(C)c2)c1Cl. The summed E-state index contributed by atoms with van der Waals surface area (Å²) in [5.74, 6) is 0. The first kappa shape index (κ1) is 15.3. The number of halogens is 1. The van der Waals surface area contributed by atoms with E-state index in [-0.39, 0.29) is 0 Å². The van der Waals surface area contributed by atoms with Crippen LogP contribution < -0.4 is 10.4 Å². The first-order valence-corrected chi connectivity index (χ1v) is 9.22. The van der Waals surface area contributed by atoms with E-state index in [0.29, 0.717) is 0 Å². The molecule has 0 saturated carbocycles. The van der Waals surface area contributed by atoms with Crippen LogP contribution in [0, 0.1) is 13.8 Å². The van der Waals surface area contributed by atoms with Gasteiger partial charge in [0.1, 0.15) is 0 Å². The highest BCUT2D eigenvalue weighted by Gasteiger charge is 2.07. The number of hydrogen-bond donors (Lipinski definition) is 0. The second-order valence-electron chi connectivity index (χ2n) is 5.67. The summed E-state index contributed by atoms with van der Waals surface area (Å²) in [5.41, 5.74) is 4.03. The van der Waals surface area contributed by atoms with Gasteiger partial charge in [-0.3, -0.25) is 0 Å². The van der Waals surface area contributed by atoms with Crippen LogP contribution in [0.5, 0.6) is 0 Å². The van der Waals surface area contributed by atoms with Gasteiger partial charge in [-0.25, -0.2) is 0 Å². The van der Waals surface area contributed by atoms with Crippen molar-refractivity contribution in [2.45, 2.75) is 40.0 Å². The lowest BCUT2D eigenvalue weighted by Gasteiger charge is -2.10. The van der Waals surface area contributed by atoms with Gasteiger partial charge in [-0.15, -0.1) is 0 Å². The molecule has 0 N–H and O–H groups in total. The molecular formula is C18H23ClSi. The molecule has 0 aromatic heterocycles. The Morgan fingerprint density at radius 2 is 1.75 bits per heavy atom. The largest absolute Gasteiger partial charge is 0.0894 e. The Labute approximate surface area is 130 Å². The molecular weight excluding hydrogens is 280 g/mol. The Morgan fingerprint density at radius 1 is 1.05 bits per heavy atom. The quantitative estimate of drug-likeness (QED) is 0.743. The van der Waals surface area contributed by atoms with Crippen molar-refractivity contribution in [1.29, 1.82) is 0 Å². The molecule has 2 aromatic rings. The van der Waals surface area contributed by atoms with Crippen molar-refractivity contribution in [3.05, 3.63) is 58.1 Å². The zero-order valence-corrected chi connectivity index (χ0v) is 14.8. The van der Waals surface area contributed by atoms with E-state index in [4.69, 9.17) is 11.6 Å². The summed E-state index contributed by atoms with van der Waals surface area (Å²) >= 11 is 6.61. The first-order valence-electron chi connectivity index (χ1n) is 7.43. The van der Waals surface area contributed by atoms with E-state index in [1.807, 2.05) is 0 Å². The fourth-order valence-electron chi connectivity index (χ4n) is 2.72. The smallest absolute Gasteiger partial charge is 0.0842 e. The third-order valence-electron chi connectivity index (χ3n) is 3.63. The maximum atomic E-state index is 6.61. The van der Waals surface area contributed by atoms with E-state index in [9.17, 15) is 0 Å². The van der Waals surface area contributed by atoms with Crippen LogP contribution in [0.15, 0.2) is 36.4 Å². The number of unbranched alkanes of at least 4 members (excludes halogenated alkanes) is 1. The van der Waals surface area contributed by atoms with Gasteiger partial charge in [0.05, 0.1) is 9.52 Å². The molecule has 0 spiro atoms. The summed E-state index contributed by atoms with van der Waals surface area (Å²) in [5, 5.41) is 3.88. The molecule has 0 heterocycles. The van der Waals surface area contributed by atoms with Crippen LogP contribution >= 0.6 is 11.6 Å². The standard InChI is InChI=1S/C18H23ClSi/c1-4-5-7-15-8-6-9-17(18(15)19)20-16-11-13(2)10-14(3)12-16/h6,8-12H,4-5,7,20H2,1-3H3. The summed E-state index contributed by atoms with van der Waals surface area (Å²) in [4.78, 5) is 0. The van der Waals surface area contributed by atoms with Crippen LogP contribution in [0.1, 0.15) is 36.5 Å². The minimum absolute atomic E-state index is 0.482. The van der Waals surface area contributed by atoms with Crippen LogP contribution in [0.4, 0.5) is 0 Å². The normalized spacial score (nSPS) is 11.4. The van der Waals surface area contributed by atoms with Crippen molar-refractivity contribution >= 4 is 31.5 Å². The van der Waals surface area contributed by atoms with E-state index in [1.165, 1.54) is 39.9 Å². The van der Waals surface area contributed by atoms with Gasteiger partial charge >= 0.3 is 0 Å². The Hall–Kier alpha value is -1.05. The van der Waals surface area contributed by atoms with E-state index in [1.54, 1.807) is 0 Å². The molecule has 0 bridgehead atoms. The van der Waals surface area contributed by atoms with Crippen molar-refractivity contribution in [2.24, 2.45) is 0 Å². The first-order chi connectivity index (χ1) is 9.60. The maximum Gasteiger partial charge on any atom is 0.0894 e. The van der Waals surface area contributed by atoms with E-state index in [0.717, 1.165) is 11.4 Å². The second-order valence-corrected chi connectivity index (χ2v) is 7.98. The van der Waals surface area contributed by atoms with Crippen molar-refractivity contribution in [3.63, 3.8) is 0 Å². The van der Waals surface area contributed by atoms with E-state index in [2.05, 4.69) is 57.2 Å². The van der Waals surface area contributed by atoms with Gasteiger partial charge in [0.25, 0.3) is 0 Å². The number of rotatable bonds is 5. The highest BCUT2D eigenvalue weighted by molar-refractivity contribution is 6.70. The molecule has 2 aromatic carbocycles. The van der Waals surface area contributed by atoms with E-state index >= 15 is 0 Å². The molecule has 0 saturated heterocycles. The van der Waals surface area contributed by atoms with Gasteiger partial charge in [-0.05, 0) is 37.4 Å². The topological polar surface area (TPSA) is 0 Å². The fourth-order valence-corrected chi connectivity index (χ4v) is 5.07. The van der Waals surface area contributed by atoms with Crippen molar-refractivity contribution in [3.8, 4) is 0 Å². The van der Waals surface area contributed by atoms with Gasteiger partial charge in [-0.2, -0.15) is 0 Å². The predicted octanol–water partition coefficient (Wildman–Crippen LogP) is 3.42. The van der Waals surface area contributed by atoms with Crippen LogP contribution in [0.2, 0.25) is 5.02 Å². The third-order valence-corrected chi connectivity index (χ3v) is 6.13. The average Bonchev–Trinajstić information content (AvgIpc) is 2.38. The highest BCUT2D eigenvalue weighted by Crippen LogP contribution is 2.15. The number of hydrogen-bond acceptors (Lipinski definition) is 0. The van der Waals surface area contributed by atoms with Crippen LogP contribution in [-0.2, 0) is 6.42 Å². The van der Waals surface area contributed by atoms with Crippen LogP contribution in [0.3, 0.4) is 0 Å². The number of benzene rings is 2. The molecule has 2 rings (SSSR count). The monoisotopic (exact) mass is 302 g/mol. The average molecular weight is 303 g/mol. The van der Waals surface area contributed by atoms with Gasteiger partial charge in [-0.1, -0.05) is 77.7 Å². The summed E-state index contributed by atoms with van der Waals surface area (Å²) in [6.45, 7) is 6.57. The number of aryl methyl sites for hydroxylation is 3. The molecule has 0 nitrogen and oxygen atoms in total. The van der Waals surface area contributed by atoms with Crippen molar-refractivity contribution in [2.75, 3.05) is 0 Å². The maximum absolute atomic E-state index is 6.61. The van der Waals surface area contributed by atoms with Gasteiger partial charge in [0.2, 0.25) is 0 Å². The minimum atomic E-state index is -0.482. The molecule has 0 unspecified atom stereocenters. The summed E-state index contributed by atoms with van der Waals surface area (Å²) in [6.07, 6.45) is 3.54. The molecule has 0 atom stereocenters. The van der Waals surface area contributed by atoms with Crippen LogP contribution in [0.25, 0.3) is 0 Å². The minimum Gasteiger partial charge on any atom is -0.0842 e. The molecule has 0 radical (unpaired) electrons. The Kier molecular flexibility index (Phi) is 5.44. The predicted molar refractivity (Wildman–Crippen MR) is 93.8 cm³/mol. The Morgan fingerprint density at radius 3 is 2.40 bits per heavy atom. The second kappa shape index (κ2) is 7.10. The molecule has 0 aliphatic heterocycles. The summed E-state index contributed by atoms with van der Waals surface area (Å²) in [7, 11) is -0.482. The summed E-state index contributed by atoms with van der Waals surface area (Å²) < 4.78 is 0. The zero-order valence-electron chi connectivity index (χ0n) is 12.7. The highest BCUT2D eigenvalue weighted by atomic mass is 35.5. The van der Waals surface area contributed by atoms with Gasteiger partial charge in [0, 0.05) is 5.02 Å².